The van der Waals surface area contributed by atoms with Gasteiger partial charge in [0.05, 0.1) is 6.61 Å². The highest BCUT2D eigenvalue weighted by Gasteiger charge is 2.43. The molecule has 0 saturated carbocycles. The summed E-state index contributed by atoms with van der Waals surface area (Å²) in [5, 5.41) is 17.9. The lowest BCUT2D eigenvalue weighted by atomic mass is 10.1. The van der Waals surface area contributed by atoms with E-state index in [2.05, 4.69) is 9.05 Å². The van der Waals surface area contributed by atoms with Gasteiger partial charge in [0, 0.05) is 0 Å². The molecule has 0 rings (SSSR count). The Morgan fingerprint density at radius 3 is 1.75 bits per heavy atom. The number of hydrogen-bond donors (Lipinski definition) is 6. The minimum atomic E-state index is -5.38. The van der Waals surface area contributed by atoms with E-state index >= 15 is 0 Å². The monoisotopic (exact) mass is 342 g/mol. The maximum Gasteiger partial charge on any atom is 0.470 e. The molecular formula is C6H13FO11P2. The number of hydrogen-bond acceptors (Lipinski definition) is 7. The van der Waals surface area contributed by atoms with E-state index in [0.717, 1.165) is 0 Å². The molecule has 120 valence electrons. The smallest absolute Gasteiger partial charge is 0.394 e. The molecule has 20 heavy (non-hydrogen) atoms. The van der Waals surface area contributed by atoms with Gasteiger partial charge in [0.2, 0.25) is 0 Å². The van der Waals surface area contributed by atoms with Crippen molar-refractivity contribution in [2.75, 3.05) is 6.61 Å². The van der Waals surface area contributed by atoms with E-state index in [4.69, 9.17) is 24.7 Å². The van der Waals surface area contributed by atoms with Gasteiger partial charge in [0.25, 0.3) is 0 Å². The molecule has 0 fully saturated rings. The molecule has 0 bridgehead atoms. The molecule has 6 N–H and O–H groups in total. The van der Waals surface area contributed by atoms with Gasteiger partial charge in [-0.05, 0) is 0 Å². The van der Waals surface area contributed by atoms with Crippen molar-refractivity contribution < 1.29 is 57.1 Å². The number of halogens is 1. The van der Waals surface area contributed by atoms with Gasteiger partial charge in [-0.3, -0.25) is 9.05 Å². The number of aliphatic hydroxyl groups excluding tert-OH is 2. The number of phosphoric acid groups is 2. The summed E-state index contributed by atoms with van der Waals surface area (Å²) >= 11 is 0. The summed E-state index contributed by atoms with van der Waals surface area (Å²) in [6.45, 7) is -1.21. The SMILES string of the molecule is O=C[C@@H](F)[C@@H](OP(=O)(O)O)[C@H](OP(=O)(O)O)[C@H](O)CO. The minimum absolute atomic E-state index is 0.486. The quantitative estimate of drug-likeness (QED) is 0.197. The maximum atomic E-state index is 13.3. The van der Waals surface area contributed by atoms with Crippen molar-refractivity contribution in [2.24, 2.45) is 0 Å². The summed E-state index contributed by atoms with van der Waals surface area (Å²) in [5.41, 5.74) is 0. The Morgan fingerprint density at radius 1 is 1.05 bits per heavy atom. The molecule has 0 aliphatic heterocycles. The molecule has 0 aliphatic carbocycles. The van der Waals surface area contributed by atoms with Crippen LogP contribution in [-0.2, 0) is 23.0 Å². The van der Waals surface area contributed by atoms with Crippen LogP contribution in [0.15, 0.2) is 0 Å². The van der Waals surface area contributed by atoms with Crippen molar-refractivity contribution in [3.05, 3.63) is 0 Å². The van der Waals surface area contributed by atoms with Gasteiger partial charge < -0.3 is 34.6 Å². The molecule has 0 aliphatic rings. The number of aldehydes is 1. The normalized spacial score (nSPS) is 19.1. The summed E-state index contributed by atoms with van der Waals surface area (Å²) in [7, 11) is -10.7. The molecule has 0 unspecified atom stereocenters. The second-order valence-electron chi connectivity index (χ2n) is 3.45. The van der Waals surface area contributed by atoms with Crippen LogP contribution in [0.1, 0.15) is 0 Å². The van der Waals surface area contributed by atoms with E-state index < -0.39 is 53.0 Å². The van der Waals surface area contributed by atoms with Gasteiger partial charge in [0.15, 0.2) is 12.5 Å². The number of aliphatic hydroxyl groups is 2. The van der Waals surface area contributed by atoms with E-state index in [1.54, 1.807) is 0 Å². The topological polar surface area (TPSA) is 191 Å². The summed E-state index contributed by atoms with van der Waals surface area (Å²) < 4.78 is 42.3. The second kappa shape index (κ2) is 7.66. The van der Waals surface area contributed by atoms with E-state index in [0.29, 0.717) is 0 Å². The van der Waals surface area contributed by atoms with Crippen LogP contribution in [0.5, 0.6) is 0 Å². The first-order chi connectivity index (χ1) is 8.91. The van der Waals surface area contributed by atoms with Gasteiger partial charge in [-0.2, -0.15) is 0 Å². The Hall–Kier alpha value is -0.260. The van der Waals surface area contributed by atoms with Crippen molar-refractivity contribution >= 4 is 21.9 Å². The molecule has 0 saturated heterocycles. The fourth-order valence-electron chi connectivity index (χ4n) is 1.15. The van der Waals surface area contributed by atoms with Crippen LogP contribution < -0.4 is 0 Å². The van der Waals surface area contributed by atoms with Crippen molar-refractivity contribution in [1.82, 2.24) is 0 Å². The molecule has 0 spiro atoms. The van der Waals surface area contributed by atoms with Crippen LogP contribution >= 0.6 is 15.6 Å². The van der Waals surface area contributed by atoms with Crippen molar-refractivity contribution in [3.63, 3.8) is 0 Å². The predicted octanol–water partition coefficient (Wildman–Crippen LogP) is -2.17. The molecule has 0 aromatic rings. The minimum Gasteiger partial charge on any atom is -0.394 e. The van der Waals surface area contributed by atoms with Crippen LogP contribution in [0.25, 0.3) is 0 Å². The van der Waals surface area contributed by atoms with E-state index in [-0.39, 0.29) is 0 Å². The zero-order chi connectivity index (χ0) is 16.1. The van der Waals surface area contributed by atoms with Crippen LogP contribution in [-0.4, -0.2) is 67.2 Å². The van der Waals surface area contributed by atoms with Gasteiger partial charge in [-0.25, -0.2) is 13.5 Å². The van der Waals surface area contributed by atoms with Gasteiger partial charge >= 0.3 is 15.6 Å². The van der Waals surface area contributed by atoms with Crippen LogP contribution in [0, 0.1) is 0 Å². The molecule has 11 nitrogen and oxygen atoms in total. The molecule has 0 aromatic heterocycles. The van der Waals surface area contributed by atoms with E-state index in [1.807, 2.05) is 0 Å². The fourth-order valence-corrected chi connectivity index (χ4v) is 2.28. The van der Waals surface area contributed by atoms with E-state index in [1.165, 1.54) is 0 Å². The number of carbonyl (C=O) groups excluding carboxylic acids is 1. The second-order valence-corrected chi connectivity index (χ2v) is 5.84. The highest BCUT2D eigenvalue weighted by molar-refractivity contribution is 7.46. The van der Waals surface area contributed by atoms with Gasteiger partial charge in [-0.15, -0.1) is 0 Å². The first-order valence-electron chi connectivity index (χ1n) is 4.77. The molecule has 0 aromatic carbocycles. The number of carbonyl (C=O) groups is 1. The standard InChI is InChI=1S/C6H13FO11P2/c7-3(1-8)5(17-19(11,12)13)6(4(10)2-9)18-20(14,15)16/h1,3-6,9-10H,2H2,(H2,11,12,13)(H2,14,15,16)/t3-,4-,5-,6-/m1/s1. The van der Waals surface area contributed by atoms with Gasteiger partial charge in [0.1, 0.15) is 18.3 Å². The van der Waals surface area contributed by atoms with Crippen molar-refractivity contribution in [2.45, 2.75) is 24.5 Å². The molecular weight excluding hydrogens is 329 g/mol. The van der Waals surface area contributed by atoms with Crippen molar-refractivity contribution in [3.8, 4) is 0 Å². The zero-order valence-electron chi connectivity index (χ0n) is 9.59. The Balaban J connectivity index is 5.44. The highest BCUT2D eigenvalue weighted by Crippen LogP contribution is 2.44. The van der Waals surface area contributed by atoms with Crippen LogP contribution in [0.2, 0.25) is 0 Å². The Morgan fingerprint density at radius 2 is 1.45 bits per heavy atom. The Bertz CT molecular complexity index is 404. The fraction of sp³-hybridized carbons (Fsp3) is 0.833. The van der Waals surface area contributed by atoms with E-state index in [9.17, 15) is 23.4 Å². The summed E-state index contributed by atoms with van der Waals surface area (Å²) in [5.74, 6) is 0. The molecule has 0 amide bonds. The lowest BCUT2D eigenvalue weighted by Crippen LogP contribution is -2.47. The lowest BCUT2D eigenvalue weighted by Gasteiger charge is -2.30. The number of phosphoric ester groups is 2. The number of rotatable bonds is 9. The Labute approximate surface area is 111 Å². The first-order valence-corrected chi connectivity index (χ1v) is 7.83. The maximum absolute atomic E-state index is 13.3. The Kier molecular flexibility index (Phi) is 7.56. The molecule has 0 radical (unpaired) electrons. The largest absolute Gasteiger partial charge is 0.470 e. The third kappa shape index (κ3) is 7.50. The molecule has 14 heteroatoms. The lowest BCUT2D eigenvalue weighted by molar-refractivity contribution is -0.124. The zero-order valence-corrected chi connectivity index (χ0v) is 11.4. The molecule has 4 atom stereocenters. The predicted molar refractivity (Wildman–Crippen MR) is 57.9 cm³/mol. The van der Waals surface area contributed by atoms with Gasteiger partial charge in [-0.1, -0.05) is 0 Å². The first kappa shape index (κ1) is 19.7. The average Bonchev–Trinajstić information content (AvgIpc) is 2.29. The summed E-state index contributed by atoms with van der Waals surface area (Å²) in [6.07, 6.45) is -10.4. The average molecular weight is 342 g/mol. The third-order valence-corrected chi connectivity index (χ3v) is 2.89. The highest BCUT2D eigenvalue weighted by atomic mass is 31.2. The molecule has 0 heterocycles. The number of alkyl halides is 1. The third-order valence-electron chi connectivity index (χ3n) is 1.85. The van der Waals surface area contributed by atoms with Crippen LogP contribution in [0.3, 0.4) is 0 Å². The van der Waals surface area contributed by atoms with Crippen LogP contribution in [0.4, 0.5) is 4.39 Å². The summed E-state index contributed by atoms with van der Waals surface area (Å²) in [6, 6.07) is 0. The van der Waals surface area contributed by atoms with Crippen molar-refractivity contribution in [1.29, 1.82) is 0 Å². The summed E-state index contributed by atoms with van der Waals surface area (Å²) in [4.78, 5) is 44.5.